The van der Waals surface area contributed by atoms with Crippen molar-refractivity contribution in [1.29, 1.82) is 0 Å². The number of benzene rings is 2. The van der Waals surface area contributed by atoms with Crippen LogP contribution in [0.25, 0.3) is 0 Å². The quantitative estimate of drug-likeness (QED) is 0.747. The number of methoxy groups -OCH3 is 1. The maximum atomic E-state index is 13.2. The van der Waals surface area contributed by atoms with Crippen molar-refractivity contribution in [2.24, 2.45) is 0 Å². The molecule has 156 valence electrons. The van der Waals surface area contributed by atoms with Gasteiger partial charge in [0.15, 0.2) is 0 Å². The lowest BCUT2D eigenvalue weighted by atomic mass is 10.2. The minimum absolute atomic E-state index is 0.127. The number of carbonyl (C=O) groups is 1. The van der Waals surface area contributed by atoms with Crippen LogP contribution in [-0.2, 0) is 21.5 Å². The highest BCUT2D eigenvalue weighted by Gasteiger charge is 2.34. The molecular formula is C19H21ClFN3O4S. The summed E-state index contributed by atoms with van der Waals surface area (Å²) in [7, 11) is -2.26. The average Bonchev–Trinajstić information content (AvgIpc) is 2.68. The molecule has 1 N–H and O–H groups in total. The Morgan fingerprint density at radius 2 is 1.97 bits per heavy atom. The van der Waals surface area contributed by atoms with Crippen LogP contribution in [-0.4, -0.2) is 49.7 Å². The first-order chi connectivity index (χ1) is 13.8. The fraction of sp³-hybridized carbons (Fsp3) is 0.316. The van der Waals surface area contributed by atoms with Gasteiger partial charge in [-0.25, -0.2) is 4.39 Å². The Kier molecular flexibility index (Phi) is 6.74. The molecule has 29 heavy (non-hydrogen) atoms. The molecule has 10 heteroatoms. The second kappa shape index (κ2) is 9.08. The van der Waals surface area contributed by atoms with Crippen LogP contribution in [0.2, 0.25) is 5.02 Å². The molecule has 1 saturated heterocycles. The summed E-state index contributed by atoms with van der Waals surface area (Å²) in [5, 5.41) is 2.42. The van der Waals surface area contributed by atoms with Crippen LogP contribution < -0.4 is 10.1 Å². The average molecular weight is 442 g/mol. The lowest BCUT2D eigenvalue weighted by molar-refractivity contribution is -0.116. The molecule has 0 radical (unpaired) electrons. The van der Waals surface area contributed by atoms with Crippen molar-refractivity contribution in [2.45, 2.75) is 13.0 Å². The normalized spacial score (nSPS) is 17.1. The molecule has 3 rings (SSSR count). The maximum absolute atomic E-state index is 13.2. The fourth-order valence-corrected chi connectivity index (χ4v) is 4.87. The second-order valence-corrected chi connectivity index (χ2v) is 8.89. The highest BCUT2D eigenvalue weighted by atomic mass is 35.5. The van der Waals surface area contributed by atoms with Crippen LogP contribution >= 0.6 is 11.6 Å². The van der Waals surface area contributed by atoms with E-state index in [9.17, 15) is 17.6 Å². The van der Waals surface area contributed by atoms with Gasteiger partial charge in [0.2, 0.25) is 5.91 Å². The van der Waals surface area contributed by atoms with Crippen LogP contribution in [0, 0.1) is 5.82 Å². The summed E-state index contributed by atoms with van der Waals surface area (Å²) in [4.78, 5) is 12.3. The van der Waals surface area contributed by atoms with Crippen molar-refractivity contribution in [3.8, 4) is 5.75 Å². The molecule has 0 saturated carbocycles. The first kappa shape index (κ1) is 21.5. The zero-order valence-corrected chi connectivity index (χ0v) is 17.3. The predicted octanol–water partition coefficient (Wildman–Crippen LogP) is 2.88. The highest BCUT2D eigenvalue weighted by Crippen LogP contribution is 2.22. The Morgan fingerprint density at radius 3 is 2.69 bits per heavy atom. The third kappa shape index (κ3) is 5.24. The van der Waals surface area contributed by atoms with Gasteiger partial charge in [0, 0.05) is 25.3 Å². The molecule has 1 aliphatic rings. The van der Waals surface area contributed by atoms with E-state index in [1.54, 1.807) is 25.3 Å². The molecule has 1 amide bonds. The number of anilines is 1. The Bertz CT molecular complexity index is 1000. The van der Waals surface area contributed by atoms with Crippen LogP contribution in [0.4, 0.5) is 10.1 Å². The summed E-state index contributed by atoms with van der Waals surface area (Å²) in [6.07, 6.45) is 0.596. The number of amides is 1. The molecule has 0 atom stereocenters. The third-order valence-corrected chi connectivity index (χ3v) is 6.70. The monoisotopic (exact) mass is 441 g/mol. The van der Waals surface area contributed by atoms with E-state index in [2.05, 4.69) is 5.32 Å². The van der Waals surface area contributed by atoms with Crippen LogP contribution in [0.3, 0.4) is 0 Å². The van der Waals surface area contributed by atoms with E-state index in [4.69, 9.17) is 16.3 Å². The SMILES string of the molecule is COc1cccc(CN2CCCN(CC(=O)Nc3ccc(F)c(Cl)c3)S2(=O)=O)c1. The summed E-state index contributed by atoms with van der Waals surface area (Å²) in [5.74, 6) is -0.484. The lowest BCUT2D eigenvalue weighted by Crippen LogP contribution is -2.51. The van der Waals surface area contributed by atoms with Crippen LogP contribution in [0.15, 0.2) is 42.5 Å². The van der Waals surface area contributed by atoms with Gasteiger partial charge in [-0.3, -0.25) is 4.79 Å². The molecule has 0 aromatic heterocycles. The van der Waals surface area contributed by atoms with E-state index < -0.39 is 21.9 Å². The zero-order chi connectivity index (χ0) is 21.0. The molecule has 2 aromatic rings. The molecule has 1 aliphatic heterocycles. The lowest BCUT2D eigenvalue weighted by Gasteiger charge is -2.34. The van der Waals surface area contributed by atoms with Crippen molar-refractivity contribution >= 4 is 33.4 Å². The standard InChI is InChI=1S/C19H21ClFN3O4S/c1-28-16-5-2-4-14(10-16)12-23-8-3-9-24(29(23,26)27)13-19(25)22-15-6-7-18(21)17(20)11-15/h2,4-7,10-11H,3,8-9,12-13H2,1H3,(H,22,25). The van der Waals surface area contributed by atoms with Crippen molar-refractivity contribution in [3.05, 3.63) is 58.9 Å². The van der Waals surface area contributed by atoms with Gasteiger partial charge in [-0.05, 0) is 42.3 Å². The van der Waals surface area contributed by atoms with Gasteiger partial charge in [0.05, 0.1) is 18.7 Å². The van der Waals surface area contributed by atoms with Gasteiger partial charge in [0.1, 0.15) is 11.6 Å². The molecule has 0 bridgehead atoms. The number of ether oxygens (including phenoxy) is 1. The smallest absolute Gasteiger partial charge is 0.282 e. The third-order valence-electron chi connectivity index (χ3n) is 4.48. The van der Waals surface area contributed by atoms with Crippen molar-refractivity contribution in [1.82, 2.24) is 8.61 Å². The van der Waals surface area contributed by atoms with E-state index >= 15 is 0 Å². The zero-order valence-electron chi connectivity index (χ0n) is 15.8. The van der Waals surface area contributed by atoms with Gasteiger partial charge in [-0.1, -0.05) is 23.7 Å². The largest absolute Gasteiger partial charge is 0.497 e. The molecule has 1 heterocycles. The molecule has 0 unspecified atom stereocenters. The Hall–Kier alpha value is -2.20. The summed E-state index contributed by atoms with van der Waals surface area (Å²) in [6.45, 7) is 0.455. The first-order valence-electron chi connectivity index (χ1n) is 8.92. The predicted molar refractivity (Wildman–Crippen MR) is 109 cm³/mol. The minimum atomic E-state index is -3.81. The van der Waals surface area contributed by atoms with Crippen LogP contribution in [0.5, 0.6) is 5.75 Å². The van der Waals surface area contributed by atoms with E-state index in [1.165, 1.54) is 16.4 Å². The number of hydrogen-bond acceptors (Lipinski definition) is 4. The van der Waals surface area contributed by atoms with Crippen molar-refractivity contribution in [2.75, 3.05) is 32.1 Å². The Balaban J connectivity index is 1.67. The number of nitrogens with zero attached hydrogens (tertiary/aromatic N) is 2. The molecular weight excluding hydrogens is 421 g/mol. The second-order valence-electron chi connectivity index (χ2n) is 6.56. The molecule has 0 spiro atoms. The van der Waals surface area contributed by atoms with Crippen molar-refractivity contribution in [3.63, 3.8) is 0 Å². The highest BCUT2D eigenvalue weighted by molar-refractivity contribution is 7.86. The van der Waals surface area contributed by atoms with Gasteiger partial charge in [-0.15, -0.1) is 0 Å². The van der Waals surface area contributed by atoms with Crippen molar-refractivity contribution < 1.29 is 22.3 Å². The minimum Gasteiger partial charge on any atom is -0.497 e. The summed E-state index contributed by atoms with van der Waals surface area (Å²) < 4.78 is 46.7. The fourth-order valence-electron chi connectivity index (χ4n) is 3.05. The van der Waals surface area contributed by atoms with Gasteiger partial charge >= 0.3 is 0 Å². The van der Waals surface area contributed by atoms with Gasteiger partial charge in [0.25, 0.3) is 10.2 Å². The molecule has 2 aromatic carbocycles. The van der Waals surface area contributed by atoms with Crippen LogP contribution in [0.1, 0.15) is 12.0 Å². The Morgan fingerprint density at radius 1 is 1.21 bits per heavy atom. The summed E-state index contributed by atoms with van der Waals surface area (Å²) in [5.41, 5.74) is 1.09. The molecule has 0 aliphatic carbocycles. The Labute approximate surface area is 174 Å². The number of hydrogen-bond donors (Lipinski definition) is 1. The number of carbonyl (C=O) groups excluding carboxylic acids is 1. The van der Waals surface area contributed by atoms with Gasteiger partial charge in [-0.2, -0.15) is 17.0 Å². The topological polar surface area (TPSA) is 79.0 Å². The number of halogens is 2. The summed E-state index contributed by atoms with van der Waals surface area (Å²) in [6, 6.07) is 10.9. The van der Waals surface area contributed by atoms with E-state index in [0.29, 0.717) is 24.4 Å². The van der Waals surface area contributed by atoms with E-state index in [0.717, 1.165) is 15.9 Å². The molecule has 1 fully saturated rings. The first-order valence-corrected chi connectivity index (χ1v) is 10.7. The number of rotatable bonds is 6. The van der Waals surface area contributed by atoms with E-state index in [1.807, 2.05) is 6.07 Å². The van der Waals surface area contributed by atoms with E-state index in [-0.39, 0.29) is 24.7 Å². The number of nitrogens with one attached hydrogen (secondary N) is 1. The summed E-state index contributed by atoms with van der Waals surface area (Å²) >= 11 is 5.70. The van der Waals surface area contributed by atoms with Gasteiger partial charge < -0.3 is 10.1 Å². The molecule has 7 nitrogen and oxygen atoms in total. The maximum Gasteiger partial charge on any atom is 0.282 e.